The van der Waals surface area contributed by atoms with Gasteiger partial charge in [-0.2, -0.15) is 8.42 Å². The molecule has 0 N–H and O–H groups in total. The fraction of sp³-hybridized carbons (Fsp3) is 0.895. The van der Waals surface area contributed by atoms with Gasteiger partial charge in [0, 0.05) is 11.5 Å². The Kier molecular flexibility index (Phi) is 11.8. The van der Waals surface area contributed by atoms with Crippen molar-refractivity contribution in [3.63, 3.8) is 0 Å². The number of nitrogens with zero attached hydrogens (tertiary/aromatic N) is 3. The third kappa shape index (κ3) is 9.32. The van der Waals surface area contributed by atoms with E-state index in [1.165, 1.54) is 14.2 Å². The first-order valence-corrected chi connectivity index (χ1v) is 12.1. The largest absolute Gasteiger partial charge is 0.469 e. The molecule has 0 heterocycles. The van der Waals surface area contributed by atoms with E-state index >= 15 is 0 Å². The summed E-state index contributed by atoms with van der Waals surface area (Å²) in [6, 6.07) is 0. The fourth-order valence-corrected chi connectivity index (χ4v) is 4.53. The molecule has 2 saturated carbocycles. The molecule has 2 unspecified atom stereocenters. The van der Waals surface area contributed by atoms with Crippen molar-refractivity contribution in [2.24, 2.45) is 28.8 Å². The summed E-state index contributed by atoms with van der Waals surface area (Å²) in [7, 11) is -0.675. The van der Waals surface area contributed by atoms with Crippen molar-refractivity contribution in [2.45, 2.75) is 51.4 Å². The van der Waals surface area contributed by atoms with Crippen LogP contribution in [-0.4, -0.2) is 54.0 Å². The van der Waals surface area contributed by atoms with E-state index in [1.54, 1.807) is 0 Å². The number of carbonyl (C=O) groups is 2. The molecule has 0 aliphatic heterocycles. The predicted molar refractivity (Wildman–Crippen MR) is 110 cm³/mol. The van der Waals surface area contributed by atoms with Gasteiger partial charge in [-0.05, 0) is 43.1 Å². The molecule has 0 aromatic carbocycles. The second-order valence-corrected chi connectivity index (χ2v) is 9.39. The van der Waals surface area contributed by atoms with Crippen LogP contribution in [0.2, 0.25) is 0 Å². The van der Waals surface area contributed by atoms with Gasteiger partial charge in [0.05, 0.1) is 38.9 Å². The first kappa shape index (κ1) is 26.2. The molecule has 0 spiro atoms. The van der Waals surface area contributed by atoms with Crippen molar-refractivity contribution >= 4 is 22.1 Å². The smallest absolute Gasteiger partial charge is 0.309 e. The number of carbonyl (C=O) groups excluding carboxylic acids is 2. The third-order valence-corrected chi connectivity index (χ3v) is 6.27. The highest BCUT2D eigenvalue weighted by atomic mass is 32.2. The maximum atomic E-state index is 11.5. The maximum absolute atomic E-state index is 11.5. The van der Waals surface area contributed by atoms with Crippen LogP contribution in [0.15, 0.2) is 5.11 Å². The fourth-order valence-electron chi connectivity index (χ4n) is 4.11. The lowest BCUT2D eigenvalue weighted by Crippen LogP contribution is -2.31. The van der Waals surface area contributed by atoms with Gasteiger partial charge in [0.15, 0.2) is 0 Å². The minimum atomic E-state index is -3.43. The Hall–Kier alpha value is -1.84. The predicted octanol–water partition coefficient (Wildman–Crippen LogP) is 3.22. The summed E-state index contributed by atoms with van der Waals surface area (Å²) in [5.74, 6) is -0.590. The SMILES string of the molecule is COC(=O)C1CCCC[C@@H]1CN=[N+]=[N-].COC(=O)C1CCCC[C@@H]1COS(C)(=O)=O. The van der Waals surface area contributed by atoms with Crippen LogP contribution in [0.1, 0.15) is 51.4 Å². The van der Waals surface area contributed by atoms with Gasteiger partial charge in [0.25, 0.3) is 10.1 Å². The molecule has 2 aliphatic carbocycles. The van der Waals surface area contributed by atoms with Crippen molar-refractivity contribution in [3.05, 3.63) is 10.4 Å². The van der Waals surface area contributed by atoms with Gasteiger partial charge in [-0.3, -0.25) is 13.8 Å². The van der Waals surface area contributed by atoms with Gasteiger partial charge in [-0.15, -0.1) is 0 Å². The minimum absolute atomic E-state index is 0.0454. The van der Waals surface area contributed by atoms with Crippen molar-refractivity contribution < 1.29 is 31.7 Å². The van der Waals surface area contributed by atoms with E-state index in [0.717, 1.165) is 57.6 Å². The van der Waals surface area contributed by atoms with Crippen LogP contribution in [0.4, 0.5) is 0 Å². The summed E-state index contributed by atoms with van der Waals surface area (Å²) in [5, 5.41) is 3.54. The molecule has 30 heavy (non-hydrogen) atoms. The molecule has 172 valence electrons. The van der Waals surface area contributed by atoms with Crippen molar-refractivity contribution in [1.29, 1.82) is 0 Å². The molecule has 0 amide bonds. The molecule has 0 saturated heterocycles. The van der Waals surface area contributed by atoms with E-state index < -0.39 is 10.1 Å². The van der Waals surface area contributed by atoms with E-state index in [1.807, 2.05) is 0 Å². The Bertz CT molecular complexity index is 707. The highest BCUT2D eigenvalue weighted by Gasteiger charge is 2.32. The lowest BCUT2D eigenvalue weighted by Gasteiger charge is -2.28. The lowest BCUT2D eigenvalue weighted by atomic mass is 9.79. The van der Waals surface area contributed by atoms with Gasteiger partial charge in [-0.1, -0.05) is 30.8 Å². The average Bonchev–Trinajstić information content (AvgIpc) is 2.75. The van der Waals surface area contributed by atoms with E-state index in [-0.39, 0.29) is 42.2 Å². The van der Waals surface area contributed by atoms with Crippen LogP contribution in [0, 0.1) is 23.7 Å². The molecule has 2 aliphatic rings. The Morgan fingerprint density at radius 1 is 0.933 bits per heavy atom. The molecule has 2 fully saturated rings. The van der Waals surface area contributed by atoms with E-state index in [2.05, 4.69) is 10.0 Å². The van der Waals surface area contributed by atoms with Gasteiger partial charge in [0.1, 0.15) is 0 Å². The van der Waals surface area contributed by atoms with Crippen LogP contribution in [0.5, 0.6) is 0 Å². The first-order valence-electron chi connectivity index (χ1n) is 10.2. The van der Waals surface area contributed by atoms with Crippen LogP contribution in [0.3, 0.4) is 0 Å². The Morgan fingerprint density at radius 2 is 1.40 bits per heavy atom. The maximum Gasteiger partial charge on any atom is 0.309 e. The molecule has 10 nitrogen and oxygen atoms in total. The number of rotatable bonds is 7. The van der Waals surface area contributed by atoms with Gasteiger partial charge in [-0.25, -0.2) is 0 Å². The van der Waals surface area contributed by atoms with Crippen LogP contribution in [-0.2, 0) is 33.4 Å². The molecule has 2 rings (SSSR count). The second kappa shape index (κ2) is 13.5. The van der Waals surface area contributed by atoms with Crippen LogP contribution < -0.4 is 0 Å². The zero-order valence-corrected chi connectivity index (χ0v) is 18.8. The summed E-state index contributed by atoms with van der Waals surface area (Å²) < 4.78 is 36.0. The van der Waals surface area contributed by atoms with Gasteiger partial charge < -0.3 is 9.47 Å². The van der Waals surface area contributed by atoms with Crippen molar-refractivity contribution in [1.82, 2.24) is 0 Å². The van der Waals surface area contributed by atoms with Crippen LogP contribution in [0.25, 0.3) is 10.4 Å². The van der Waals surface area contributed by atoms with Crippen molar-refractivity contribution in [3.8, 4) is 0 Å². The number of azide groups is 1. The summed E-state index contributed by atoms with van der Waals surface area (Å²) in [5.41, 5.74) is 8.22. The number of methoxy groups -OCH3 is 2. The minimum Gasteiger partial charge on any atom is -0.469 e. The normalized spacial score (nSPS) is 26.4. The number of hydrogen-bond acceptors (Lipinski definition) is 8. The Labute approximate surface area is 178 Å². The monoisotopic (exact) mass is 447 g/mol. The molecule has 11 heteroatoms. The average molecular weight is 448 g/mol. The zero-order valence-electron chi connectivity index (χ0n) is 18.0. The zero-order chi connectivity index (χ0) is 22.6. The highest BCUT2D eigenvalue weighted by molar-refractivity contribution is 7.85. The number of esters is 2. The first-order chi connectivity index (χ1) is 14.2. The standard InChI is InChI=1S/C10H18O5S.C9H15N3O2/c1-14-10(11)9-6-4-3-5-8(9)7-15-16(2,12)13;1-14-9(13)8-5-3-2-4-7(8)6-11-12-10/h8-9H,3-7H2,1-2H3;7-8H,2-6H2,1H3/t8-,9?;7-,8?/m11/s1. The second-order valence-electron chi connectivity index (χ2n) is 7.75. The molecular formula is C19H33N3O7S. The molecule has 0 radical (unpaired) electrons. The molecule has 0 aromatic heterocycles. The molecule has 0 aromatic rings. The van der Waals surface area contributed by atoms with Crippen molar-refractivity contribution in [2.75, 3.05) is 33.6 Å². The van der Waals surface area contributed by atoms with E-state index in [9.17, 15) is 18.0 Å². The van der Waals surface area contributed by atoms with E-state index in [4.69, 9.17) is 19.2 Å². The van der Waals surface area contributed by atoms with Gasteiger partial charge in [0.2, 0.25) is 0 Å². The summed E-state index contributed by atoms with van der Waals surface area (Å²) >= 11 is 0. The molecule has 4 atom stereocenters. The lowest BCUT2D eigenvalue weighted by molar-refractivity contribution is -0.149. The summed E-state index contributed by atoms with van der Waals surface area (Å²) in [6.45, 7) is 0.495. The third-order valence-electron chi connectivity index (χ3n) is 5.70. The quantitative estimate of drug-likeness (QED) is 0.191. The Morgan fingerprint density at radius 3 is 1.87 bits per heavy atom. The van der Waals surface area contributed by atoms with Crippen LogP contribution >= 0.6 is 0 Å². The number of ether oxygens (including phenoxy) is 2. The topological polar surface area (TPSA) is 145 Å². The summed E-state index contributed by atoms with van der Waals surface area (Å²) in [4.78, 5) is 25.6. The molecule has 0 bridgehead atoms. The van der Waals surface area contributed by atoms with E-state index in [0.29, 0.717) is 6.54 Å². The number of hydrogen-bond donors (Lipinski definition) is 0. The summed E-state index contributed by atoms with van der Waals surface area (Å²) in [6.07, 6.45) is 8.56. The highest BCUT2D eigenvalue weighted by Crippen LogP contribution is 2.32. The Balaban J connectivity index is 0.000000303. The van der Waals surface area contributed by atoms with Gasteiger partial charge >= 0.3 is 11.9 Å². The molecular weight excluding hydrogens is 414 g/mol.